The molecule has 0 saturated heterocycles. The van der Waals surface area contributed by atoms with Crippen LogP contribution in [0.25, 0.3) is 77.2 Å². The Balaban J connectivity index is 0.903. The smallest absolute Gasteiger partial charge is 0.0465 e. The van der Waals surface area contributed by atoms with Crippen LogP contribution in [0.3, 0.4) is 0 Å². The summed E-state index contributed by atoms with van der Waals surface area (Å²) in [6, 6.07) is 80.4. The van der Waals surface area contributed by atoms with Crippen molar-refractivity contribution in [3.63, 3.8) is 0 Å². The first-order valence-corrected chi connectivity index (χ1v) is 24.4. The summed E-state index contributed by atoms with van der Waals surface area (Å²) in [6.07, 6.45) is 5.33. The average Bonchev–Trinajstić information content (AvgIpc) is 4.14. The molecule has 0 radical (unpaired) electrons. The maximum Gasteiger partial charge on any atom is 0.0465 e. The molecule has 1 heteroatoms. The van der Waals surface area contributed by atoms with Gasteiger partial charge in [0.1, 0.15) is 0 Å². The number of nitrogens with zero attached hydrogens (tertiary/aromatic N) is 1. The molecule has 10 aromatic rings. The van der Waals surface area contributed by atoms with Crippen LogP contribution in [0.1, 0.15) is 61.8 Å². The van der Waals surface area contributed by atoms with E-state index in [0.29, 0.717) is 5.92 Å². The summed E-state index contributed by atoms with van der Waals surface area (Å²) in [5, 5.41) is 5.14. The molecule has 4 aliphatic rings. The summed E-state index contributed by atoms with van der Waals surface area (Å²) >= 11 is 0. The van der Waals surface area contributed by atoms with Crippen LogP contribution in [0.2, 0.25) is 0 Å². The molecule has 0 amide bonds. The monoisotopic (exact) mass is 857 g/mol. The molecule has 14 rings (SSSR count). The zero-order valence-electron chi connectivity index (χ0n) is 38.1. The van der Waals surface area contributed by atoms with Gasteiger partial charge in [0.15, 0.2) is 0 Å². The van der Waals surface area contributed by atoms with E-state index in [4.69, 9.17) is 0 Å². The summed E-state index contributed by atoms with van der Waals surface area (Å²) in [5.74, 6) is 1.51. The van der Waals surface area contributed by atoms with E-state index in [9.17, 15) is 0 Å². The second-order valence-corrected chi connectivity index (χ2v) is 20.4. The number of fused-ring (bicyclic) bond motifs is 14. The van der Waals surface area contributed by atoms with Gasteiger partial charge in [0.05, 0.1) is 0 Å². The Morgan fingerprint density at radius 1 is 0.388 bits per heavy atom. The first kappa shape index (κ1) is 38.8. The number of hydrogen-bond acceptors (Lipinski definition) is 1. The van der Waals surface area contributed by atoms with E-state index in [0.717, 1.165) is 17.3 Å². The summed E-state index contributed by atoms with van der Waals surface area (Å²) in [4.78, 5) is 2.51. The Kier molecular flexibility index (Phi) is 8.39. The second-order valence-electron chi connectivity index (χ2n) is 20.4. The van der Waals surface area contributed by atoms with Gasteiger partial charge in [-0.1, -0.05) is 190 Å². The Morgan fingerprint density at radius 3 is 1.63 bits per heavy atom. The van der Waals surface area contributed by atoms with Crippen LogP contribution in [-0.2, 0) is 10.8 Å². The molecule has 320 valence electrons. The van der Waals surface area contributed by atoms with Crippen LogP contribution in [-0.4, -0.2) is 0 Å². The van der Waals surface area contributed by atoms with Crippen molar-refractivity contribution in [2.75, 3.05) is 4.90 Å². The van der Waals surface area contributed by atoms with Gasteiger partial charge in [0.2, 0.25) is 0 Å². The molecule has 3 atom stereocenters. The highest BCUT2D eigenvalue weighted by atomic mass is 15.1. The molecule has 1 nitrogen and oxygen atoms in total. The van der Waals surface area contributed by atoms with Crippen molar-refractivity contribution < 1.29 is 0 Å². The summed E-state index contributed by atoms with van der Waals surface area (Å²) < 4.78 is 0. The third-order valence-electron chi connectivity index (χ3n) is 16.7. The SMILES string of the molecule is CC1(C)c2ccccc2-c2cccc(-c3ccccc3-c3ccc(N(c4ccc(-c5cc6ccccc6c6ccccc56)cc4)c4ccc5c(c4)C4(CC6CCC4C6)c4ccccc4-5)cc3)c21. The molecule has 2 fully saturated rings. The minimum atomic E-state index is -0.106. The Hall–Kier alpha value is -7.48. The maximum atomic E-state index is 2.58. The molecule has 3 unspecified atom stereocenters. The topological polar surface area (TPSA) is 3.24 Å². The van der Waals surface area contributed by atoms with Crippen molar-refractivity contribution in [2.24, 2.45) is 11.8 Å². The van der Waals surface area contributed by atoms with Gasteiger partial charge in [-0.05, 0) is 173 Å². The fourth-order valence-corrected chi connectivity index (χ4v) is 13.9. The first-order chi connectivity index (χ1) is 33.0. The first-order valence-electron chi connectivity index (χ1n) is 24.4. The molecule has 0 aromatic heterocycles. The van der Waals surface area contributed by atoms with Crippen molar-refractivity contribution in [1.29, 1.82) is 0 Å². The fourth-order valence-electron chi connectivity index (χ4n) is 13.9. The predicted octanol–water partition coefficient (Wildman–Crippen LogP) is 17.9. The van der Waals surface area contributed by atoms with E-state index < -0.39 is 0 Å². The van der Waals surface area contributed by atoms with E-state index in [2.05, 4.69) is 231 Å². The highest BCUT2D eigenvalue weighted by molar-refractivity contribution is 6.13. The summed E-state index contributed by atoms with van der Waals surface area (Å²) in [7, 11) is 0. The molecule has 0 N–H and O–H groups in total. The highest BCUT2D eigenvalue weighted by Gasteiger charge is 2.56. The number of anilines is 3. The Labute approximate surface area is 394 Å². The molecular formula is C66H51N. The number of hydrogen-bond donors (Lipinski definition) is 0. The van der Waals surface area contributed by atoms with Crippen LogP contribution in [0.15, 0.2) is 212 Å². The third kappa shape index (κ3) is 5.61. The lowest BCUT2D eigenvalue weighted by Gasteiger charge is -2.37. The van der Waals surface area contributed by atoms with Crippen molar-refractivity contribution in [2.45, 2.75) is 50.4 Å². The van der Waals surface area contributed by atoms with Gasteiger partial charge in [0.25, 0.3) is 0 Å². The summed E-state index contributed by atoms with van der Waals surface area (Å²) in [5.41, 5.74) is 22.5. The maximum absolute atomic E-state index is 2.58. The van der Waals surface area contributed by atoms with Gasteiger partial charge in [-0.25, -0.2) is 0 Å². The highest BCUT2D eigenvalue weighted by Crippen LogP contribution is 2.66. The molecule has 2 saturated carbocycles. The fraction of sp³-hybridized carbons (Fsp3) is 0.152. The minimum absolute atomic E-state index is 0.0959. The Bertz CT molecular complexity index is 3630. The molecule has 1 spiro atoms. The molecular weight excluding hydrogens is 807 g/mol. The van der Waals surface area contributed by atoms with Crippen molar-refractivity contribution in [3.05, 3.63) is 235 Å². The van der Waals surface area contributed by atoms with E-state index in [1.54, 1.807) is 5.56 Å². The molecule has 4 aliphatic carbocycles. The van der Waals surface area contributed by atoms with E-state index >= 15 is 0 Å². The second kappa shape index (κ2) is 14.5. The van der Waals surface area contributed by atoms with Gasteiger partial charge in [-0.2, -0.15) is 0 Å². The normalized spacial score (nSPS) is 19.1. The van der Waals surface area contributed by atoms with Gasteiger partial charge in [-0.15, -0.1) is 0 Å². The van der Waals surface area contributed by atoms with Crippen LogP contribution in [0.4, 0.5) is 17.1 Å². The third-order valence-corrected chi connectivity index (χ3v) is 16.7. The predicted molar refractivity (Wildman–Crippen MR) is 282 cm³/mol. The van der Waals surface area contributed by atoms with Crippen LogP contribution >= 0.6 is 0 Å². The molecule has 67 heavy (non-hydrogen) atoms. The lowest BCUT2D eigenvalue weighted by Crippen LogP contribution is -2.32. The molecule has 10 aromatic carbocycles. The molecule has 0 aliphatic heterocycles. The van der Waals surface area contributed by atoms with Crippen molar-refractivity contribution in [1.82, 2.24) is 0 Å². The number of benzene rings is 10. The van der Waals surface area contributed by atoms with Gasteiger partial charge < -0.3 is 4.90 Å². The number of rotatable bonds is 6. The zero-order chi connectivity index (χ0) is 44.4. The van der Waals surface area contributed by atoms with Gasteiger partial charge >= 0.3 is 0 Å². The average molecular weight is 858 g/mol. The van der Waals surface area contributed by atoms with Gasteiger partial charge in [0, 0.05) is 27.9 Å². The van der Waals surface area contributed by atoms with Crippen LogP contribution in [0, 0.1) is 11.8 Å². The summed E-state index contributed by atoms with van der Waals surface area (Å²) in [6.45, 7) is 4.78. The lowest BCUT2D eigenvalue weighted by atomic mass is 9.67. The Morgan fingerprint density at radius 2 is 0.925 bits per heavy atom. The minimum Gasteiger partial charge on any atom is -0.310 e. The van der Waals surface area contributed by atoms with E-state index in [1.165, 1.54) is 125 Å². The van der Waals surface area contributed by atoms with E-state index in [1.807, 2.05) is 0 Å². The van der Waals surface area contributed by atoms with Crippen molar-refractivity contribution >= 4 is 38.6 Å². The van der Waals surface area contributed by atoms with E-state index in [-0.39, 0.29) is 10.8 Å². The van der Waals surface area contributed by atoms with Crippen LogP contribution in [0.5, 0.6) is 0 Å². The molecule has 2 bridgehead atoms. The largest absolute Gasteiger partial charge is 0.310 e. The standard InChI is InChI=1S/C66H51N/c1-65(2)61-24-11-9-21-56(61)59-23-13-22-58(64(59)65)53-18-6-5-15-50(53)43-27-32-47(33-28-43)67(48-34-29-44(30-35-48)60-39-45-14-3-4-16-51(45)52-17-7-8-19-54(52)60)49-36-37-57-55-20-10-12-25-62(55)66(63(57)40-49)41-42-26-31-46(66)38-42/h3-25,27-30,32-37,39-40,42,46H,26,31,38,41H2,1-2H3. The quantitative estimate of drug-likeness (QED) is 0.151. The van der Waals surface area contributed by atoms with Crippen molar-refractivity contribution in [3.8, 4) is 55.6 Å². The zero-order valence-corrected chi connectivity index (χ0v) is 38.1. The van der Waals surface area contributed by atoms with Gasteiger partial charge in [-0.3, -0.25) is 0 Å². The molecule has 0 heterocycles. The van der Waals surface area contributed by atoms with Crippen LogP contribution < -0.4 is 4.90 Å². The lowest BCUT2D eigenvalue weighted by molar-refractivity contribution is 0.327.